The van der Waals surface area contributed by atoms with Crippen molar-refractivity contribution in [3.05, 3.63) is 41.1 Å². The summed E-state index contributed by atoms with van der Waals surface area (Å²) in [6, 6.07) is 4.46. The molecule has 1 aliphatic heterocycles. The van der Waals surface area contributed by atoms with Crippen LogP contribution in [0.15, 0.2) is 34.3 Å². The number of nitrogens with zero attached hydrogens (tertiary/aromatic N) is 2. The molecule has 1 aromatic heterocycles. The third-order valence-corrected chi connectivity index (χ3v) is 6.22. The number of rotatable bonds is 7. The third kappa shape index (κ3) is 4.02. The molecule has 152 valence electrons. The number of aliphatic imine (C=N–C) groups is 1. The first-order valence-corrected chi connectivity index (χ1v) is 12.0. The lowest BCUT2D eigenvalue weighted by atomic mass is 10.1. The molecule has 1 aliphatic rings. The van der Waals surface area contributed by atoms with E-state index in [1.165, 1.54) is 12.1 Å². The van der Waals surface area contributed by atoms with Gasteiger partial charge in [-0.2, -0.15) is 0 Å². The number of ether oxygens (including phenoxy) is 1. The Bertz CT molecular complexity index is 1020. The minimum Gasteiger partial charge on any atom is -0.493 e. The number of amidine groups is 1. The molecule has 0 radical (unpaired) electrons. The van der Waals surface area contributed by atoms with Crippen molar-refractivity contribution in [3.8, 4) is 5.75 Å². The van der Waals surface area contributed by atoms with Crippen LogP contribution in [-0.2, 0) is 22.0 Å². The van der Waals surface area contributed by atoms with Gasteiger partial charge in [0.2, 0.25) is 0 Å². The van der Waals surface area contributed by atoms with Crippen LogP contribution in [0.2, 0.25) is 0 Å². The Labute approximate surface area is 174 Å². The third-order valence-electron chi connectivity index (χ3n) is 4.55. The van der Waals surface area contributed by atoms with Gasteiger partial charge in [-0.15, -0.1) is 0 Å². The van der Waals surface area contributed by atoms with Gasteiger partial charge < -0.3 is 14.6 Å². The van der Waals surface area contributed by atoms with Crippen LogP contribution in [0.5, 0.6) is 5.75 Å². The van der Waals surface area contributed by atoms with E-state index in [4.69, 9.17) is 27.0 Å². The van der Waals surface area contributed by atoms with Gasteiger partial charge in [-0.3, -0.25) is 0 Å². The van der Waals surface area contributed by atoms with Crippen molar-refractivity contribution in [3.63, 3.8) is 0 Å². The Morgan fingerprint density at radius 2 is 2.04 bits per heavy atom. The number of aromatic nitrogens is 1. The Hall–Kier alpha value is -1.70. The van der Waals surface area contributed by atoms with E-state index in [1.807, 2.05) is 6.92 Å². The number of nitrogens with one attached hydrogen (secondary N) is 1. The fourth-order valence-electron chi connectivity index (χ4n) is 3.32. The Balaban J connectivity index is 2.12. The van der Waals surface area contributed by atoms with Crippen molar-refractivity contribution in [2.45, 2.75) is 50.6 Å². The van der Waals surface area contributed by atoms with Gasteiger partial charge in [-0.25, -0.2) is 13.4 Å². The molecule has 0 fully saturated rings. The predicted octanol–water partition coefficient (Wildman–Crippen LogP) is 4.90. The maximum absolute atomic E-state index is 11.8. The molecule has 1 atom stereocenters. The highest BCUT2D eigenvalue weighted by Crippen LogP contribution is 2.39. The molecule has 3 rings (SSSR count). The maximum atomic E-state index is 11.8. The lowest BCUT2D eigenvalue weighted by Gasteiger charge is -2.23. The maximum Gasteiger partial charge on any atom is 0.261 e. The standard InChI is InChI=1S/C19H23Cl2N3O3S/c1-4-9-24-11-12(5-2)16-17(20)22-18(23-19(16)24)14-10-13(28(21,25)26)7-8-15(14)27-6-3/h7-8,10-11,17H,4-6,9H2,1-3H3,(H,22,23). The van der Waals surface area contributed by atoms with Crippen LogP contribution in [0.25, 0.3) is 0 Å². The van der Waals surface area contributed by atoms with Gasteiger partial charge in [0, 0.05) is 29.0 Å². The quantitative estimate of drug-likeness (QED) is 0.375. The number of hydrogen-bond acceptors (Lipinski definition) is 5. The molecular weight excluding hydrogens is 421 g/mol. The van der Waals surface area contributed by atoms with E-state index < -0.39 is 14.6 Å². The Morgan fingerprint density at radius 3 is 2.64 bits per heavy atom. The summed E-state index contributed by atoms with van der Waals surface area (Å²) in [5.41, 5.74) is 2.02. The Morgan fingerprint density at radius 1 is 1.29 bits per heavy atom. The molecule has 0 bridgehead atoms. The number of halogens is 2. The van der Waals surface area contributed by atoms with E-state index >= 15 is 0 Å². The van der Waals surface area contributed by atoms with E-state index in [-0.39, 0.29) is 4.90 Å². The zero-order valence-corrected chi connectivity index (χ0v) is 18.3. The SMILES string of the molecule is CCCn1cc(CC)c2c1NC(c1cc(S(=O)(=O)Cl)ccc1OCC)=NC2Cl. The number of hydrogen-bond donors (Lipinski definition) is 1. The van der Waals surface area contributed by atoms with Crippen molar-refractivity contribution >= 4 is 43.0 Å². The lowest BCUT2D eigenvalue weighted by molar-refractivity contribution is 0.339. The molecule has 1 aromatic carbocycles. The van der Waals surface area contributed by atoms with Crippen molar-refractivity contribution in [2.75, 3.05) is 11.9 Å². The summed E-state index contributed by atoms with van der Waals surface area (Å²) in [5, 5.41) is 3.34. The average molecular weight is 444 g/mol. The first-order chi connectivity index (χ1) is 13.3. The van der Waals surface area contributed by atoms with Crippen LogP contribution in [0, 0.1) is 0 Å². The molecule has 1 unspecified atom stereocenters. The van der Waals surface area contributed by atoms with Gasteiger partial charge in [-0.05, 0) is 43.5 Å². The minimum absolute atomic E-state index is 0.0211. The van der Waals surface area contributed by atoms with Crippen LogP contribution >= 0.6 is 22.3 Å². The number of alkyl halides is 1. The average Bonchev–Trinajstić information content (AvgIpc) is 3.00. The van der Waals surface area contributed by atoms with E-state index in [9.17, 15) is 8.42 Å². The van der Waals surface area contributed by atoms with Crippen LogP contribution in [0.3, 0.4) is 0 Å². The second kappa shape index (κ2) is 8.35. The van der Waals surface area contributed by atoms with Gasteiger partial charge in [-0.1, -0.05) is 25.4 Å². The van der Waals surface area contributed by atoms with E-state index in [1.54, 1.807) is 6.07 Å². The van der Waals surface area contributed by atoms with Crippen LogP contribution in [0.1, 0.15) is 49.4 Å². The molecule has 6 nitrogen and oxygen atoms in total. The number of aryl methyl sites for hydroxylation is 2. The number of benzene rings is 1. The molecule has 0 saturated heterocycles. The van der Waals surface area contributed by atoms with E-state index in [0.717, 1.165) is 36.3 Å². The fourth-order valence-corrected chi connectivity index (χ4v) is 4.44. The summed E-state index contributed by atoms with van der Waals surface area (Å²) in [4.78, 5) is 4.56. The van der Waals surface area contributed by atoms with E-state index in [0.29, 0.717) is 23.8 Å². The largest absolute Gasteiger partial charge is 0.493 e. The van der Waals surface area contributed by atoms with Crippen molar-refractivity contribution in [2.24, 2.45) is 4.99 Å². The molecule has 28 heavy (non-hydrogen) atoms. The zero-order valence-electron chi connectivity index (χ0n) is 16.0. The van der Waals surface area contributed by atoms with Gasteiger partial charge in [0.1, 0.15) is 17.4 Å². The van der Waals surface area contributed by atoms with Crippen molar-refractivity contribution < 1.29 is 13.2 Å². The minimum atomic E-state index is -3.89. The predicted molar refractivity (Wildman–Crippen MR) is 114 cm³/mol. The highest BCUT2D eigenvalue weighted by molar-refractivity contribution is 8.13. The first-order valence-electron chi connectivity index (χ1n) is 9.22. The van der Waals surface area contributed by atoms with Crippen LogP contribution < -0.4 is 10.1 Å². The molecule has 0 aliphatic carbocycles. The molecule has 0 saturated carbocycles. The van der Waals surface area contributed by atoms with E-state index in [2.05, 4.69) is 34.9 Å². The molecular formula is C19H23Cl2N3O3S. The highest BCUT2D eigenvalue weighted by atomic mass is 35.7. The summed E-state index contributed by atoms with van der Waals surface area (Å²) in [5.74, 6) is 1.84. The molecule has 2 aromatic rings. The zero-order chi connectivity index (χ0) is 20.5. The summed E-state index contributed by atoms with van der Waals surface area (Å²) >= 11 is 6.62. The van der Waals surface area contributed by atoms with Gasteiger partial charge >= 0.3 is 0 Å². The smallest absolute Gasteiger partial charge is 0.261 e. The summed E-state index contributed by atoms with van der Waals surface area (Å²) in [6.45, 7) is 7.30. The highest BCUT2D eigenvalue weighted by Gasteiger charge is 2.28. The first kappa shape index (κ1) is 21.0. The normalized spacial score (nSPS) is 16.3. The summed E-state index contributed by atoms with van der Waals surface area (Å²) < 4.78 is 31.4. The second-order valence-corrected chi connectivity index (χ2v) is 9.41. The molecule has 0 spiro atoms. The molecule has 0 amide bonds. The second-order valence-electron chi connectivity index (χ2n) is 6.43. The summed E-state index contributed by atoms with van der Waals surface area (Å²) in [6.07, 6.45) is 3.91. The van der Waals surface area contributed by atoms with Crippen LogP contribution in [-0.4, -0.2) is 25.4 Å². The topological polar surface area (TPSA) is 72.7 Å². The lowest BCUT2D eigenvalue weighted by Crippen LogP contribution is -2.23. The summed E-state index contributed by atoms with van der Waals surface area (Å²) in [7, 11) is 1.65. The van der Waals surface area contributed by atoms with Crippen molar-refractivity contribution in [1.29, 1.82) is 0 Å². The molecule has 1 N–H and O–H groups in total. The van der Waals surface area contributed by atoms with Crippen molar-refractivity contribution in [1.82, 2.24) is 4.57 Å². The van der Waals surface area contributed by atoms with Gasteiger partial charge in [0.15, 0.2) is 5.50 Å². The monoisotopic (exact) mass is 443 g/mol. The number of anilines is 1. The number of fused-ring (bicyclic) bond motifs is 1. The Kier molecular flexibility index (Phi) is 6.27. The van der Waals surface area contributed by atoms with Crippen LogP contribution in [0.4, 0.5) is 5.82 Å². The molecule has 9 heteroatoms. The van der Waals surface area contributed by atoms with Gasteiger partial charge in [0.25, 0.3) is 9.05 Å². The van der Waals surface area contributed by atoms with Gasteiger partial charge in [0.05, 0.1) is 17.1 Å². The fraction of sp³-hybridized carbons (Fsp3) is 0.421. The molecule has 2 heterocycles.